The summed E-state index contributed by atoms with van der Waals surface area (Å²) in [6.07, 6.45) is 4.63. The second-order valence-electron chi connectivity index (χ2n) is 9.03. The summed E-state index contributed by atoms with van der Waals surface area (Å²) in [5, 5.41) is 12.4. The first-order valence-corrected chi connectivity index (χ1v) is 12.4. The van der Waals surface area contributed by atoms with Gasteiger partial charge in [-0.1, -0.05) is 13.8 Å². The average Bonchev–Trinajstić information content (AvgIpc) is 3.38. The van der Waals surface area contributed by atoms with E-state index in [0.717, 1.165) is 17.3 Å². The van der Waals surface area contributed by atoms with Crippen molar-refractivity contribution >= 4 is 34.5 Å². The van der Waals surface area contributed by atoms with Gasteiger partial charge < -0.3 is 15.4 Å². The quantitative estimate of drug-likeness (QED) is 0.256. The largest absolute Gasteiger partial charge is 0.457 e. The van der Waals surface area contributed by atoms with E-state index in [4.69, 9.17) is 4.74 Å². The number of rotatable bonds is 7. The number of benzene rings is 2. The molecule has 3 aromatic heterocycles. The number of nitrogens with one attached hydrogen (secondary N) is 3. The van der Waals surface area contributed by atoms with Gasteiger partial charge in [0.05, 0.1) is 28.1 Å². The van der Waals surface area contributed by atoms with Crippen LogP contribution >= 0.6 is 0 Å². The zero-order valence-electron chi connectivity index (χ0n) is 21.8. The van der Waals surface area contributed by atoms with Crippen molar-refractivity contribution in [2.24, 2.45) is 0 Å². The van der Waals surface area contributed by atoms with Gasteiger partial charge in [0.15, 0.2) is 0 Å². The molecule has 0 atom stereocenters. The Bertz CT molecular complexity index is 1720. The van der Waals surface area contributed by atoms with Gasteiger partial charge >= 0.3 is 6.03 Å². The number of ether oxygens (including phenoxy) is 1. The maximum Gasteiger partial charge on any atom is 0.324 e. The fourth-order valence-corrected chi connectivity index (χ4v) is 3.84. The smallest absolute Gasteiger partial charge is 0.324 e. The molecule has 3 N–H and O–H groups in total. The summed E-state index contributed by atoms with van der Waals surface area (Å²) < 4.78 is 22.1. The molecule has 5 rings (SSSR count). The predicted octanol–water partition coefficient (Wildman–Crippen LogP) is 5.27. The summed E-state index contributed by atoms with van der Waals surface area (Å²) in [5.74, 6) is -0.106. The second kappa shape index (κ2) is 11.2. The van der Waals surface area contributed by atoms with Crippen LogP contribution in [0.4, 0.5) is 20.7 Å². The van der Waals surface area contributed by atoms with Gasteiger partial charge in [-0.05, 0) is 42.3 Å². The summed E-state index contributed by atoms with van der Waals surface area (Å²) in [5.41, 5.74) is 2.96. The van der Waals surface area contributed by atoms with Crippen LogP contribution in [-0.2, 0) is 0 Å². The SMILES string of the molecule is CNC(=O)c1cc(Oc2ccc(NC(=O)Nc3cc(C(C)C)nn3-c3ccc4nccnc4c3)c(F)c2)ccn1. The van der Waals surface area contributed by atoms with Crippen molar-refractivity contribution in [3.05, 3.63) is 90.4 Å². The van der Waals surface area contributed by atoms with Crippen LogP contribution < -0.4 is 20.7 Å². The highest BCUT2D eigenvalue weighted by atomic mass is 19.1. The third-order valence-corrected chi connectivity index (χ3v) is 5.87. The van der Waals surface area contributed by atoms with Crippen molar-refractivity contribution in [1.29, 1.82) is 0 Å². The molecule has 0 spiro atoms. The number of amides is 3. The molecular weight excluding hydrogens is 515 g/mol. The molecule has 0 aliphatic heterocycles. The topological polar surface area (TPSA) is 136 Å². The van der Waals surface area contributed by atoms with Crippen molar-refractivity contribution in [1.82, 2.24) is 30.0 Å². The number of halogens is 1. The Morgan fingerprint density at radius 2 is 1.65 bits per heavy atom. The zero-order valence-corrected chi connectivity index (χ0v) is 21.8. The maximum atomic E-state index is 14.9. The van der Waals surface area contributed by atoms with Gasteiger partial charge in [0.1, 0.15) is 28.8 Å². The Balaban J connectivity index is 1.33. The van der Waals surface area contributed by atoms with E-state index in [9.17, 15) is 14.0 Å². The zero-order chi connectivity index (χ0) is 28.2. The van der Waals surface area contributed by atoms with E-state index in [2.05, 4.69) is 36.0 Å². The first kappa shape index (κ1) is 26.2. The molecule has 0 radical (unpaired) electrons. The van der Waals surface area contributed by atoms with Crippen LogP contribution in [0.3, 0.4) is 0 Å². The minimum absolute atomic E-state index is 0.0539. The molecule has 202 valence electrons. The monoisotopic (exact) mass is 540 g/mol. The van der Waals surface area contributed by atoms with Gasteiger partial charge in [-0.2, -0.15) is 5.10 Å². The van der Waals surface area contributed by atoms with Crippen LogP contribution in [0.25, 0.3) is 16.7 Å². The summed E-state index contributed by atoms with van der Waals surface area (Å²) in [7, 11) is 1.49. The Hall–Kier alpha value is -5.39. The number of carbonyl (C=O) groups excluding carboxylic acids is 2. The summed E-state index contributed by atoms with van der Waals surface area (Å²) >= 11 is 0. The Morgan fingerprint density at radius 3 is 2.40 bits per heavy atom. The molecule has 0 fully saturated rings. The minimum atomic E-state index is -0.710. The molecule has 0 saturated carbocycles. The fourth-order valence-electron chi connectivity index (χ4n) is 3.84. The Labute approximate surface area is 228 Å². The van der Waals surface area contributed by atoms with E-state index in [-0.39, 0.29) is 29.0 Å². The lowest BCUT2D eigenvalue weighted by atomic mass is 10.1. The van der Waals surface area contributed by atoms with E-state index in [1.54, 1.807) is 29.2 Å². The first-order chi connectivity index (χ1) is 19.3. The number of anilines is 2. The van der Waals surface area contributed by atoms with Crippen LogP contribution in [0.2, 0.25) is 0 Å². The number of pyridine rings is 1. The first-order valence-electron chi connectivity index (χ1n) is 12.4. The Morgan fingerprint density at radius 1 is 0.875 bits per heavy atom. The molecular formula is C28H25FN8O3. The normalized spacial score (nSPS) is 10.9. The molecule has 0 unspecified atom stereocenters. The number of nitrogens with zero attached hydrogens (tertiary/aromatic N) is 5. The molecule has 2 aromatic carbocycles. The standard InChI is InChI=1S/C28H25FN8O3/c1-16(2)23-15-26(37(36-23)17-4-6-22-24(12-17)33-11-10-32-22)35-28(39)34-21-7-5-18(13-20(21)29)40-19-8-9-31-25(14-19)27(38)30-3/h4-16H,1-3H3,(H,30,38)(H2,34,35,39). The van der Waals surface area contributed by atoms with E-state index in [1.807, 2.05) is 32.0 Å². The molecule has 11 nitrogen and oxygen atoms in total. The van der Waals surface area contributed by atoms with E-state index >= 15 is 0 Å². The van der Waals surface area contributed by atoms with Gasteiger partial charge in [-0.3, -0.25) is 25.1 Å². The van der Waals surface area contributed by atoms with Crippen molar-refractivity contribution < 1.29 is 18.7 Å². The number of hydrogen-bond donors (Lipinski definition) is 3. The van der Waals surface area contributed by atoms with Gasteiger partial charge in [0, 0.05) is 43.8 Å². The van der Waals surface area contributed by atoms with Gasteiger partial charge in [-0.15, -0.1) is 0 Å². The second-order valence-corrected chi connectivity index (χ2v) is 9.03. The van der Waals surface area contributed by atoms with E-state index in [0.29, 0.717) is 22.8 Å². The van der Waals surface area contributed by atoms with Crippen LogP contribution in [-0.4, -0.2) is 43.7 Å². The number of hydrogen-bond acceptors (Lipinski definition) is 7. The Kier molecular flexibility index (Phi) is 7.31. The lowest BCUT2D eigenvalue weighted by molar-refractivity contribution is 0.0957. The molecule has 0 saturated heterocycles. The number of fused-ring (bicyclic) bond motifs is 1. The van der Waals surface area contributed by atoms with Crippen LogP contribution in [0, 0.1) is 5.82 Å². The maximum absolute atomic E-state index is 14.9. The molecule has 0 aliphatic carbocycles. The van der Waals surface area contributed by atoms with Crippen LogP contribution in [0.1, 0.15) is 35.9 Å². The van der Waals surface area contributed by atoms with Gasteiger partial charge in [0.2, 0.25) is 0 Å². The summed E-state index contributed by atoms with van der Waals surface area (Å²) in [6.45, 7) is 3.99. The summed E-state index contributed by atoms with van der Waals surface area (Å²) in [6, 6.07) is 13.6. The lowest BCUT2D eigenvalue weighted by Gasteiger charge is -2.12. The average molecular weight is 541 g/mol. The number of aromatic nitrogens is 5. The van der Waals surface area contributed by atoms with E-state index < -0.39 is 11.8 Å². The molecule has 40 heavy (non-hydrogen) atoms. The third kappa shape index (κ3) is 5.70. The highest BCUT2D eigenvalue weighted by Gasteiger charge is 2.17. The predicted molar refractivity (Wildman–Crippen MR) is 147 cm³/mol. The molecule has 12 heteroatoms. The highest BCUT2D eigenvalue weighted by Crippen LogP contribution is 2.27. The number of carbonyl (C=O) groups is 2. The van der Waals surface area contributed by atoms with Crippen molar-refractivity contribution in [2.45, 2.75) is 19.8 Å². The van der Waals surface area contributed by atoms with Crippen LogP contribution in [0.15, 0.2) is 73.2 Å². The van der Waals surface area contributed by atoms with E-state index in [1.165, 1.54) is 31.4 Å². The molecule has 0 bridgehead atoms. The van der Waals surface area contributed by atoms with Crippen molar-refractivity contribution in [3.8, 4) is 17.2 Å². The molecule has 3 amide bonds. The van der Waals surface area contributed by atoms with Gasteiger partial charge in [-0.25, -0.2) is 13.9 Å². The molecule has 0 aliphatic rings. The van der Waals surface area contributed by atoms with Crippen LogP contribution in [0.5, 0.6) is 11.5 Å². The minimum Gasteiger partial charge on any atom is -0.457 e. The lowest BCUT2D eigenvalue weighted by Crippen LogP contribution is -2.22. The molecule has 5 aromatic rings. The van der Waals surface area contributed by atoms with Crippen molar-refractivity contribution in [3.63, 3.8) is 0 Å². The number of urea groups is 1. The summed E-state index contributed by atoms with van der Waals surface area (Å²) in [4.78, 5) is 37.3. The highest BCUT2D eigenvalue weighted by molar-refractivity contribution is 5.99. The fraction of sp³-hybridized carbons (Fsp3) is 0.143. The molecule has 3 heterocycles. The van der Waals surface area contributed by atoms with Crippen molar-refractivity contribution in [2.75, 3.05) is 17.7 Å². The third-order valence-electron chi connectivity index (χ3n) is 5.87. The van der Waals surface area contributed by atoms with Gasteiger partial charge in [0.25, 0.3) is 5.91 Å².